The molecular formula is C13H11ClN2O5S. The lowest BCUT2D eigenvalue weighted by Gasteiger charge is -2.12. The molecule has 0 radical (unpaired) electrons. The van der Waals surface area contributed by atoms with Crippen LogP contribution in [0.15, 0.2) is 41.6 Å². The van der Waals surface area contributed by atoms with Crippen molar-refractivity contribution in [1.29, 1.82) is 0 Å². The fourth-order valence-electron chi connectivity index (χ4n) is 1.66. The summed E-state index contributed by atoms with van der Waals surface area (Å²) in [4.78, 5) is 14.7. The zero-order chi connectivity index (χ0) is 16.3. The van der Waals surface area contributed by atoms with Gasteiger partial charge in [-0.2, -0.15) is 0 Å². The maximum absolute atomic E-state index is 12.3. The number of ether oxygens (including phenoxy) is 1. The van der Waals surface area contributed by atoms with Crippen LogP contribution in [0.1, 0.15) is 10.4 Å². The Hall–Kier alpha value is -2.32. The van der Waals surface area contributed by atoms with Gasteiger partial charge >= 0.3 is 5.97 Å². The van der Waals surface area contributed by atoms with Gasteiger partial charge in [-0.15, -0.1) is 0 Å². The molecule has 0 spiro atoms. The lowest BCUT2D eigenvalue weighted by Crippen LogP contribution is -2.16. The molecule has 0 aliphatic rings. The second-order valence-electron chi connectivity index (χ2n) is 4.16. The predicted molar refractivity (Wildman–Crippen MR) is 80.0 cm³/mol. The van der Waals surface area contributed by atoms with E-state index in [2.05, 4.69) is 9.71 Å². The number of nitrogens with one attached hydrogen (secondary N) is 1. The number of hydrogen-bond acceptors (Lipinski definition) is 5. The number of carbonyl (C=O) groups is 1. The Morgan fingerprint density at radius 2 is 2.05 bits per heavy atom. The minimum Gasteiger partial charge on any atom is -0.497 e. The number of carboxylic acids is 1. The topological polar surface area (TPSA) is 106 Å². The van der Waals surface area contributed by atoms with E-state index in [0.717, 1.165) is 6.20 Å². The fraction of sp³-hybridized carbons (Fsp3) is 0.0769. The molecule has 116 valence electrons. The highest BCUT2D eigenvalue weighted by Gasteiger charge is 2.20. The highest BCUT2D eigenvalue weighted by molar-refractivity contribution is 7.92. The van der Waals surface area contributed by atoms with E-state index in [4.69, 9.17) is 21.4 Å². The minimum atomic E-state index is -4.03. The maximum Gasteiger partial charge on any atom is 0.337 e. The van der Waals surface area contributed by atoms with Crippen LogP contribution in [-0.2, 0) is 10.0 Å². The Morgan fingerprint density at radius 1 is 1.32 bits per heavy atom. The number of anilines is 1. The van der Waals surface area contributed by atoms with Crippen LogP contribution in [0.4, 0.5) is 5.69 Å². The first-order valence-corrected chi connectivity index (χ1v) is 7.74. The Morgan fingerprint density at radius 3 is 2.64 bits per heavy atom. The smallest absolute Gasteiger partial charge is 0.337 e. The van der Waals surface area contributed by atoms with E-state index in [-0.39, 0.29) is 21.2 Å². The van der Waals surface area contributed by atoms with Gasteiger partial charge in [-0.3, -0.25) is 9.71 Å². The van der Waals surface area contributed by atoms with Gasteiger partial charge in [-0.1, -0.05) is 11.6 Å². The largest absolute Gasteiger partial charge is 0.497 e. The molecule has 1 aromatic heterocycles. The number of aromatic carboxylic acids is 1. The number of sulfonamides is 1. The van der Waals surface area contributed by atoms with Gasteiger partial charge < -0.3 is 9.84 Å². The third-order valence-electron chi connectivity index (χ3n) is 2.69. The van der Waals surface area contributed by atoms with Gasteiger partial charge in [0.05, 0.1) is 23.4 Å². The highest BCUT2D eigenvalue weighted by atomic mass is 35.5. The van der Waals surface area contributed by atoms with Gasteiger partial charge in [-0.05, 0) is 18.2 Å². The van der Waals surface area contributed by atoms with Crippen molar-refractivity contribution in [2.24, 2.45) is 0 Å². The highest BCUT2D eigenvalue weighted by Crippen LogP contribution is 2.25. The first-order chi connectivity index (χ1) is 10.3. The van der Waals surface area contributed by atoms with Crippen molar-refractivity contribution in [2.45, 2.75) is 4.90 Å². The number of halogens is 1. The SMILES string of the molecule is COc1ccc(C(=O)O)c(NS(=O)(=O)c2cncc(Cl)c2)c1. The molecule has 0 unspecified atom stereocenters. The van der Waals surface area contributed by atoms with Gasteiger partial charge in [0.2, 0.25) is 0 Å². The average molecular weight is 343 g/mol. The third kappa shape index (κ3) is 3.46. The summed E-state index contributed by atoms with van der Waals surface area (Å²) in [6.07, 6.45) is 2.39. The van der Waals surface area contributed by atoms with Crippen molar-refractivity contribution in [1.82, 2.24) is 4.98 Å². The van der Waals surface area contributed by atoms with E-state index in [9.17, 15) is 13.2 Å². The summed E-state index contributed by atoms with van der Waals surface area (Å²) in [5, 5.41) is 9.28. The van der Waals surface area contributed by atoms with Crippen molar-refractivity contribution < 1.29 is 23.1 Å². The number of hydrogen-bond donors (Lipinski definition) is 2. The van der Waals surface area contributed by atoms with Crippen LogP contribution in [0.5, 0.6) is 5.75 Å². The Kier molecular flexibility index (Phi) is 4.53. The monoisotopic (exact) mass is 342 g/mol. The van der Waals surface area contributed by atoms with E-state index >= 15 is 0 Å². The molecule has 0 bridgehead atoms. The molecule has 2 aromatic rings. The summed E-state index contributed by atoms with van der Waals surface area (Å²) in [5.41, 5.74) is -0.328. The molecule has 0 aliphatic carbocycles. The van der Waals surface area contributed by atoms with E-state index in [1.807, 2.05) is 0 Å². The predicted octanol–water partition coefficient (Wildman–Crippen LogP) is 2.24. The van der Waals surface area contributed by atoms with Crippen molar-refractivity contribution >= 4 is 33.3 Å². The van der Waals surface area contributed by atoms with Crippen LogP contribution in [-0.4, -0.2) is 31.6 Å². The molecule has 9 heteroatoms. The Labute approximate surface area is 131 Å². The molecule has 1 aromatic carbocycles. The number of pyridine rings is 1. The molecule has 0 atom stereocenters. The molecular weight excluding hydrogens is 332 g/mol. The summed E-state index contributed by atoms with van der Waals surface area (Å²) in [6, 6.07) is 5.15. The van der Waals surface area contributed by atoms with Crippen LogP contribution in [0.3, 0.4) is 0 Å². The summed E-state index contributed by atoms with van der Waals surface area (Å²) in [7, 11) is -2.65. The standard InChI is InChI=1S/C13H11ClN2O5S/c1-21-9-2-3-11(13(17)18)12(5-9)16-22(19,20)10-4-8(14)6-15-7-10/h2-7,16H,1H3,(H,17,18). The lowest BCUT2D eigenvalue weighted by atomic mass is 10.2. The normalized spacial score (nSPS) is 11.0. The fourth-order valence-corrected chi connectivity index (χ4v) is 2.96. The van der Waals surface area contributed by atoms with E-state index in [1.54, 1.807) is 0 Å². The zero-order valence-electron chi connectivity index (χ0n) is 11.3. The Bertz CT molecular complexity index is 823. The molecule has 2 rings (SSSR count). The zero-order valence-corrected chi connectivity index (χ0v) is 12.9. The molecule has 0 saturated carbocycles. The number of methoxy groups -OCH3 is 1. The second-order valence-corrected chi connectivity index (χ2v) is 6.28. The van der Waals surface area contributed by atoms with Gasteiger partial charge in [0.15, 0.2) is 0 Å². The van der Waals surface area contributed by atoms with E-state index in [0.29, 0.717) is 5.75 Å². The molecule has 1 heterocycles. The van der Waals surface area contributed by atoms with Crippen LogP contribution in [0.25, 0.3) is 0 Å². The van der Waals surface area contributed by atoms with Gasteiger partial charge in [0.1, 0.15) is 10.6 Å². The molecule has 2 N–H and O–H groups in total. The Balaban J connectivity index is 2.47. The minimum absolute atomic E-state index is 0.119. The van der Waals surface area contributed by atoms with Gasteiger partial charge in [0.25, 0.3) is 10.0 Å². The van der Waals surface area contributed by atoms with Crippen LogP contribution in [0, 0.1) is 0 Å². The van der Waals surface area contributed by atoms with Crippen molar-refractivity contribution in [3.05, 3.63) is 47.2 Å². The summed E-state index contributed by atoms with van der Waals surface area (Å²) in [6.45, 7) is 0. The van der Waals surface area contributed by atoms with Crippen molar-refractivity contribution in [2.75, 3.05) is 11.8 Å². The third-order valence-corrected chi connectivity index (χ3v) is 4.23. The molecule has 7 nitrogen and oxygen atoms in total. The van der Waals surface area contributed by atoms with E-state index in [1.165, 1.54) is 37.6 Å². The number of nitrogens with zero attached hydrogens (tertiary/aromatic N) is 1. The van der Waals surface area contributed by atoms with Crippen molar-refractivity contribution in [3.8, 4) is 5.75 Å². The summed E-state index contributed by atoms with van der Waals surface area (Å²) < 4.78 is 31.7. The second kappa shape index (κ2) is 6.20. The maximum atomic E-state index is 12.3. The van der Waals surface area contributed by atoms with Gasteiger partial charge in [0, 0.05) is 18.5 Å². The molecule has 0 fully saturated rings. The first kappa shape index (κ1) is 16.1. The van der Waals surface area contributed by atoms with Crippen LogP contribution >= 0.6 is 11.6 Å². The summed E-state index contributed by atoms with van der Waals surface area (Å²) >= 11 is 5.71. The van der Waals surface area contributed by atoms with E-state index < -0.39 is 16.0 Å². The number of benzene rings is 1. The van der Waals surface area contributed by atoms with Crippen molar-refractivity contribution in [3.63, 3.8) is 0 Å². The number of carboxylic acid groups (broad SMARTS) is 1. The van der Waals surface area contributed by atoms with Crippen LogP contribution < -0.4 is 9.46 Å². The summed E-state index contributed by atoms with van der Waals surface area (Å²) in [5.74, 6) is -0.962. The van der Waals surface area contributed by atoms with Gasteiger partial charge in [-0.25, -0.2) is 13.2 Å². The molecule has 0 saturated heterocycles. The molecule has 0 amide bonds. The number of aromatic nitrogens is 1. The number of rotatable bonds is 5. The lowest BCUT2D eigenvalue weighted by molar-refractivity contribution is 0.0698. The average Bonchev–Trinajstić information content (AvgIpc) is 2.46. The molecule has 0 aliphatic heterocycles. The molecule has 22 heavy (non-hydrogen) atoms. The van der Waals surface area contributed by atoms with Crippen LogP contribution in [0.2, 0.25) is 5.02 Å². The first-order valence-electron chi connectivity index (χ1n) is 5.88. The quantitative estimate of drug-likeness (QED) is 0.863.